The van der Waals surface area contributed by atoms with Crippen LogP contribution in [-0.2, 0) is 19.4 Å². The summed E-state index contributed by atoms with van der Waals surface area (Å²) >= 11 is 1.47. The number of halogens is 1. The number of hydrogen-bond donors (Lipinski definition) is 0. The van der Waals surface area contributed by atoms with Crippen LogP contribution in [0.2, 0.25) is 0 Å². The van der Waals surface area contributed by atoms with E-state index < -0.39 is 0 Å². The zero-order valence-electron chi connectivity index (χ0n) is 7.65. The van der Waals surface area contributed by atoms with Gasteiger partial charge in [0.05, 0.1) is 0 Å². The van der Waals surface area contributed by atoms with E-state index in [4.69, 9.17) is 0 Å². The van der Waals surface area contributed by atoms with E-state index in [9.17, 15) is 0 Å². The zero-order chi connectivity index (χ0) is 9.07. The molecular formula is C11H13ClTi+2. The molecule has 0 bridgehead atoms. The molecule has 0 saturated heterocycles. The normalized spacial score (nSPS) is 19.0. The van der Waals surface area contributed by atoms with Crippen LogP contribution in [0.1, 0.15) is 0 Å². The molecule has 0 unspecified atom stereocenters. The summed E-state index contributed by atoms with van der Waals surface area (Å²) in [5, 5.41) is 0. The SMILES string of the molecule is [CH3-].[CH]1[CH][CH][CH][CH]1.[CH]1[CH][CH][CH][CH]1.[Cl][Ti+3]. The van der Waals surface area contributed by atoms with Gasteiger partial charge in [0, 0.05) is 0 Å². The van der Waals surface area contributed by atoms with E-state index in [1.54, 1.807) is 0 Å². The average molecular weight is 229 g/mol. The van der Waals surface area contributed by atoms with Gasteiger partial charge in [0.1, 0.15) is 0 Å². The second kappa shape index (κ2) is 15.5. The molecule has 0 spiro atoms. The van der Waals surface area contributed by atoms with Crippen LogP contribution >= 0.6 is 9.30 Å². The van der Waals surface area contributed by atoms with Gasteiger partial charge in [-0.1, -0.05) is 0 Å². The molecule has 0 aromatic carbocycles. The fraction of sp³-hybridized carbons (Fsp3) is 0. The van der Waals surface area contributed by atoms with Gasteiger partial charge in [0.25, 0.3) is 0 Å². The van der Waals surface area contributed by atoms with E-state index in [-0.39, 0.29) is 7.43 Å². The van der Waals surface area contributed by atoms with Crippen LogP contribution < -0.4 is 0 Å². The molecular weight excluding hydrogens is 215 g/mol. The topological polar surface area (TPSA) is 0 Å². The molecule has 0 aromatic heterocycles. The predicted octanol–water partition coefficient (Wildman–Crippen LogP) is 3.18. The van der Waals surface area contributed by atoms with E-state index >= 15 is 0 Å². The van der Waals surface area contributed by atoms with Gasteiger partial charge in [0.15, 0.2) is 0 Å². The van der Waals surface area contributed by atoms with Crippen LogP contribution in [0.4, 0.5) is 0 Å². The summed E-state index contributed by atoms with van der Waals surface area (Å²) in [7, 11) is 4.64. The molecule has 0 aliphatic heterocycles. The van der Waals surface area contributed by atoms with Crippen molar-refractivity contribution in [2.24, 2.45) is 0 Å². The summed E-state index contributed by atoms with van der Waals surface area (Å²) < 4.78 is 0. The number of hydrogen-bond acceptors (Lipinski definition) is 0. The molecule has 0 nitrogen and oxygen atoms in total. The van der Waals surface area contributed by atoms with E-state index in [1.807, 2.05) is 64.2 Å². The third kappa shape index (κ3) is 13.0. The van der Waals surface area contributed by atoms with Crippen molar-refractivity contribution in [2.75, 3.05) is 0 Å². The van der Waals surface area contributed by atoms with Crippen molar-refractivity contribution < 1.29 is 19.4 Å². The van der Waals surface area contributed by atoms with Crippen LogP contribution in [0.25, 0.3) is 0 Å². The Kier molecular flexibility index (Phi) is 19.6. The summed E-state index contributed by atoms with van der Waals surface area (Å²) in [5.74, 6) is 0. The van der Waals surface area contributed by atoms with Crippen molar-refractivity contribution in [3.05, 3.63) is 71.6 Å². The Hall–Kier alpha value is 1.00. The summed E-state index contributed by atoms with van der Waals surface area (Å²) in [5.41, 5.74) is 0. The van der Waals surface area contributed by atoms with Gasteiger partial charge in [-0.05, 0) is 64.2 Å². The Morgan fingerprint density at radius 1 is 0.462 bits per heavy atom. The fourth-order valence-corrected chi connectivity index (χ4v) is 0.642. The van der Waals surface area contributed by atoms with Crippen LogP contribution in [0.3, 0.4) is 0 Å². The Morgan fingerprint density at radius 3 is 0.615 bits per heavy atom. The minimum absolute atomic E-state index is 0. The Balaban J connectivity index is 0. The van der Waals surface area contributed by atoms with Crippen molar-refractivity contribution in [3.8, 4) is 0 Å². The first-order chi connectivity index (χ1) is 6.00. The van der Waals surface area contributed by atoms with Gasteiger partial charge in [-0.2, -0.15) is 0 Å². The predicted molar refractivity (Wildman–Crippen MR) is 55.3 cm³/mol. The Bertz CT molecular complexity index is 43.3. The maximum absolute atomic E-state index is 4.64. The van der Waals surface area contributed by atoms with E-state index in [1.165, 1.54) is 19.4 Å². The quantitative estimate of drug-likeness (QED) is 0.441. The molecule has 0 heterocycles. The van der Waals surface area contributed by atoms with E-state index in [0.717, 1.165) is 0 Å². The molecule has 10 radical (unpaired) electrons. The molecule has 2 aliphatic carbocycles. The van der Waals surface area contributed by atoms with Gasteiger partial charge in [-0.15, -0.1) is 0 Å². The van der Waals surface area contributed by atoms with Crippen LogP contribution in [0, 0.1) is 71.6 Å². The monoisotopic (exact) mass is 228 g/mol. The van der Waals surface area contributed by atoms with Crippen LogP contribution in [-0.4, -0.2) is 0 Å². The molecule has 2 saturated carbocycles. The van der Waals surface area contributed by atoms with Crippen LogP contribution in [0.15, 0.2) is 0 Å². The molecule has 2 aliphatic rings. The zero-order valence-corrected chi connectivity index (χ0v) is 9.97. The first kappa shape index (κ1) is 16.4. The van der Waals surface area contributed by atoms with Crippen molar-refractivity contribution in [1.82, 2.24) is 0 Å². The second-order valence-corrected chi connectivity index (χ2v) is 1.92. The van der Waals surface area contributed by atoms with Crippen molar-refractivity contribution in [2.45, 2.75) is 0 Å². The fourth-order valence-electron chi connectivity index (χ4n) is 0.642. The molecule has 0 amide bonds. The van der Waals surface area contributed by atoms with Gasteiger partial charge >= 0.3 is 28.7 Å². The molecule has 0 N–H and O–H groups in total. The molecule has 66 valence electrons. The summed E-state index contributed by atoms with van der Waals surface area (Å²) in [6.45, 7) is 0. The van der Waals surface area contributed by atoms with E-state index in [2.05, 4.69) is 9.30 Å². The maximum atomic E-state index is 4.64. The number of rotatable bonds is 0. The summed E-state index contributed by atoms with van der Waals surface area (Å²) in [6.07, 6.45) is 20.0. The van der Waals surface area contributed by atoms with Crippen molar-refractivity contribution >= 4 is 9.30 Å². The Morgan fingerprint density at radius 2 is 0.538 bits per heavy atom. The molecule has 13 heavy (non-hydrogen) atoms. The standard InChI is InChI=1S/2C5H5.CH3.ClH.Ti/c2*1-2-4-5-3-1;;;/h2*1-5H;1H3;1H;/q;;-1;;+4/p-1. The third-order valence-electron chi connectivity index (χ3n) is 1.11. The minimum atomic E-state index is 0. The third-order valence-corrected chi connectivity index (χ3v) is 1.11. The van der Waals surface area contributed by atoms with Gasteiger partial charge in [-0.3, -0.25) is 0 Å². The van der Waals surface area contributed by atoms with Crippen molar-refractivity contribution in [3.63, 3.8) is 0 Å². The van der Waals surface area contributed by atoms with Gasteiger partial charge in [0.2, 0.25) is 0 Å². The molecule has 2 heteroatoms. The van der Waals surface area contributed by atoms with E-state index in [0.29, 0.717) is 0 Å². The summed E-state index contributed by atoms with van der Waals surface area (Å²) in [4.78, 5) is 0. The van der Waals surface area contributed by atoms with Gasteiger partial charge in [-0.25, -0.2) is 0 Å². The van der Waals surface area contributed by atoms with Gasteiger partial charge < -0.3 is 7.43 Å². The first-order valence-electron chi connectivity index (χ1n) is 3.52. The average Bonchev–Trinajstić information content (AvgIpc) is 2.87. The first-order valence-corrected chi connectivity index (χ1v) is 5.67. The molecule has 0 atom stereocenters. The summed E-state index contributed by atoms with van der Waals surface area (Å²) in [6, 6.07) is 0. The molecule has 2 fully saturated rings. The Labute approximate surface area is 100 Å². The molecule has 2 rings (SSSR count). The second-order valence-electron chi connectivity index (χ2n) is 1.92. The van der Waals surface area contributed by atoms with Crippen molar-refractivity contribution in [1.29, 1.82) is 0 Å². The van der Waals surface area contributed by atoms with Crippen LogP contribution in [0.5, 0.6) is 0 Å². The molecule has 0 aromatic rings.